The molecular formula is C9H20OSSi. The third kappa shape index (κ3) is 5.72. The molecule has 0 fully saturated rings. The quantitative estimate of drug-likeness (QED) is 0.632. The van der Waals surface area contributed by atoms with E-state index in [1.54, 1.807) is 0 Å². The molecule has 0 aliphatic carbocycles. The van der Waals surface area contributed by atoms with E-state index < -0.39 is 18.9 Å². The maximum atomic E-state index is 11.6. The van der Waals surface area contributed by atoms with Gasteiger partial charge in [-0.2, -0.15) is 0 Å². The first-order chi connectivity index (χ1) is 5.13. The van der Waals surface area contributed by atoms with E-state index in [4.69, 9.17) is 0 Å². The van der Waals surface area contributed by atoms with E-state index in [0.29, 0.717) is 0 Å². The van der Waals surface area contributed by atoms with Crippen LogP contribution in [0.3, 0.4) is 0 Å². The highest BCUT2D eigenvalue weighted by atomic mass is 32.2. The van der Waals surface area contributed by atoms with Crippen molar-refractivity contribution in [1.29, 1.82) is 0 Å². The first-order valence-corrected chi connectivity index (χ1v) is 9.02. The maximum absolute atomic E-state index is 11.6. The number of hydrogen-bond acceptors (Lipinski definition) is 1. The summed E-state index contributed by atoms with van der Waals surface area (Å²) in [7, 11) is -2.00. The number of rotatable bonds is 2. The van der Waals surface area contributed by atoms with E-state index in [-0.39, 0.29) is 4.75 Å². The monoisotopic (exact) mass is 204 g/mol. The summed E-state index contributed by atoms with van der Waals surface area (Å²) in [5, 5.41) is 1.87. The average Bonchev–Trinajstić information content (AvgIpc) is 1.78. The van der Waals surface area contributed by atoms with Gasteiger partial charge in [0.05, 0.1) is 18.9 Å². The van der Waals surface area contributed by atoms with Gasteiger partial charge in [-0.05, 0) is 26.2 Å². The van der Waals surface area contributed by atoms with Crippen molar-refractivity contribution in [3.05, 3.63) is 11.1 Å². The molecule has 72 valence electrons. The Morgan fingerprint density at radius 1 is 1.17 bits per heavy atom. The van der Waals surface area contributed by atoms with Crippen molar-refractivity contribution in [1.82, 2.24) is 0 Å². The Balaban J connectivity index is 4.30. The van der Waals surface area contributed by atoms with Crippen LogP contribution in [0.15, 0.2) is 11.1 Å². The highest BCUT2D eigenvalue weighted by Crippen LogP contribution is 2.13. The van der Waals surface area contributed by atoms with Crippen molar-refractivity contribution >= 4 is 18.9 Å². The van der Waals surface area contributed by atoms with E-state index in [0.717, 1.165) is 0 Å². The van der Waals surface area contributed by atoms with Crippen molar-refractivity contribution in [2.75, 3.05) is 0 Å². The Morgan fingerprint density at radius 3 is 1.83 bits per heavy atom. The molecule has 0 amide bonds. The molecule has 1 atom stereocenters. The lowest BCUT2D eigenvalue weighted by Gasteiger charge is -2.15. The van der Waals surface area contributed by atoms with Gasteiger partial charge in [-0.15, -0.1) is 0 Å². The molecule has 1 unspecified atom stereocenters. The maximum Gasteiger partial charge on any atom is 0.0694 e. The van der Waals surface area contributed by atoms with Crippen LogP contribution in [0.4, 0.5) is 0 Å². The third-order valence-corrected chi connectivity index (χ3v) is 4.29. The van der Waals surface area contributed by atoms with Gasteiger partial charge in [-0.3, -0.25) is 4.21 Å². The van der Waals surface area contributed by atoms with Crippen LogP contribution in [0, 0.1) is 0 Å². The molecule has 1 nitrogen and oxygen atoms in total. The lowest BCUT2D eigenvalue weighted by molar-refractivity contribution is 0.656. The highest BCUT2D eigenvalue weighted by Gasteiger charge is 2.17. The lowest BCUT2D eigenvalue weighted by atomic mass is 10.3. The van der Waals surface area contributed by atoms with Gasteiger partial charge >= 0.3 is 0 Å². The zero-order chi connectivity index (χ0) is 9.99. The molecule has 0 spiro atoms. The lowest BCUT2D eigenvalue weighted by Crippen LogP contribution is -2.22. The van der Waals surface area contributed by atoms with Crippen LogP contribution in [0.5, 0.6) is 0 Å². The van der Waals surface area contributed by atoms with Crippen molar-refractivity contribution < 1.29 is 4.21 Å². The average molecular weight is 204 g/mol. The second-order valence-electron chi connectivity index (χ2n) is 5.08. The number of hydrogen-bond donors (Lipinski definition) is 0. The molecule has 0 aromatic heterocycles. The minimum atomic E-state index is -1.17. The third-order valence-electron chi connectivity index (χ3n) is 1.30. The molecular weight excluding hydrogens is 184 g/mol. The predicted octanol–water partition coefficient (Wildman–Crippen LogP) is 2.92. The minimum Gasteiger partial charge on any atom is -0.254 e. The van der Waals surface area contributed by atoms with Gasteiger partial charge in [-0.1, -0.05) is 25.3 Å². The Labute approximate surface area is 79.7 Å². The van der Waals surface area contributed by atoms with Gasteiger partial charge in [0.15, 0.2) is 0 Å². The van der Waals surface area contributed by atoms with Crippen LogP contribution in [0.1, 0.15) is 20.8 Å². The molecule has 0 heterocycles. The summed E-state index contributed by atoms with van der Waals surface area (Å²) in [6.07, 6.45) is 0. The Hall–Kier alpha value is 0.107. The van der Waals surface area contributed by atoms with Gasteiger partial charge in [-0.25, -0.2) is 0 Å². The largest absolute Gasteiger partial charge is 0.254 e. The van der Waals surface area contributed by atoms with E-state index >= 15 is 0 Å². The zero-order valence-electron chi connectivity index (χ0n) is 8.97. The first-order valence-electron chi connectivity index (χ1n) is 4.23. The van der Waals surface area contributed by atoms with Crippen molar-refractivity contribution in [3.63, 3.8) is 0 Å². The van der Waals surface area contributed by atoms with E-state index in [1.807, 2.05) is 26.2 Å². The molecule has 0 rings (SSSR count). The molecule has 0 saturated heterocycles. The topological polar surface area (TPSA) is 17.1 Å². The fourth-order valence-electron chi connectivity index (χ4n) is 0.470. The van der Waals surface area contributed by atoms with Crippen LogP contribution in [0.2, 0.25) is 19.6 Å². The summed E-state index contributed by atoms with van der Waals surface area (Å²) in [6, 6.07) is 0. The molecule has 3 heteroatoms. The molecule has 0 aliphatic rings. The summed E-state index contributed by atoms with van der Waals surface area (Å²) < 4.78 is 11.4. The van der Waals surface area contributed by atoms with Crippen molar-refractivity contribution in [3.8, 4) is 0 Å². The van der Waals surface area contributed by atoms with Gasteiger partial charge in [0.2, 0.25) is 0 Å². The molecule has 0 bridgehead atoms. The van der Waals surface area contributed by atoms with E-state index in [2.05, 4.69) is 25.3 Å². The summed E-state index contributed by atoms with van der Waals surface area (Å²) in [5.41, 5.74) is 2.15. The molecule has 0 aromatic carbocycles. The van der Waals surface area contributed by atoms with E-state index in [1.165, 1.54) is 0 Å². The standard InChI is InChI=1S/C9H20OSSi/c1-9(2,3)11(10)7-8-12(4,5)6/h7-8H,1-6H3/b8-7+. The first kappa shape index (κ1) is 12.1. The smallest absolute Gasteiger partial charge is 0.0694 e. The summed E-state index contributed by atoms with van der Waals surface area (Å²) in [6.45, 7) is 12.7. The normalized spacial score (nSPS) is 16.8. The van der Waals surface area contributed by atoms with Gasteiger partial charge in [0.1, 0.15) is 0 Å². The second-order valence-corrected chi connectivity index (χ2v) is 12.2. The second kappa shape index (κ2) is 3.88. The molecule has 0 aromatic rings. The van der Waals surface area contributed by atoms with Crippen LogP contribution >= 0.6 is 0 Å². The summed E-state index contributed by atoms with van der Waals surface area (Å²) in [5.74, 6) is 0. The van der Waals surface area contributed by atoms with Crippen LogP contribution < -0.4 is 0 Å². The fourth-order valence-corrected chi connectivity index (χ4v) is 3.01. The highest BCUT2D eigenvalue weighted by molar-refractivity contribution is 7.89. The Kier molecular flexibility index (Phi) is 3.91. The molecule has 0 saturated carbocycles. The Bertz CT molecular complexity index is 196. The zero-order valence-corrected chi connectivity index (χ0v) is 10.8. The fraction of sp³-hybridized carbons (Fsp3) is 0.778. The summed E-state index contributed by atoms with van der Waals surface area (Å²) >= 11 is 0. The summed E-state index contributed by atoms with van der Waals surface area (Å²) in [4.78, 5) is 0. The van der Waals surface area contributed by atoms with Crippen LogP contribution in [0.25, 0.3) is 0 Å². The van der Waals surface area contributed by atoms with Gasteiger partial charge < -0.3 is 0 Å². The van der Waals surface area contributed by atoms with Gasteiger partial charge in [0, 0.05) is 4.75 Å². The SMILES string of the molecule is CC(C)(C)S(=O)/C=C/[Si](C)(C)C. The molecule has 0 aliphatic heterocycles. The minimum absolute atomic E-state index is 0.115. The van der Waals surface area contributed by atoms with Gasteiger partial charge in [0.25, 0.3) is 0 Å². The van der Waals surface area contributed by atoms with Crippen LogP contribution in [-0.2, 0) is 10.8 Å². The molecule has 0 N–H and O–H groups in total. The van der Waals surface area contributed by atoms with Crippen molar-refractivity contribution in [2.45, 2.75) is 45.2 Å². The van der Waals surface area contributed by atoms with Crippen molar-refractivity contribution in [2.24, 2.45) is 0 Å². The van der Waals surface area contributed by atoms with Crippen LogP contribution in [-0.4, -0.2) is 17.0 Å². The molecule has 0 radical (unpaired) electrons. The Morgan fingerprint density at radius 2 is 1.58 bits per heavy atom. The molecule has 12 heavy (non-hydrogen) atoms. The predicted molar refractivity (Wildman–Crippen MR) is 60.4 cm³/mol. The van der Waals surface area contributed by atoms with E-state index in [9.17, 15) is 4.21 Å².